The van der Waals surface area contributed by atoms with Gasteiger partial charge in [-0.15, -0.1) is 11.3 Å². The normalized spacial score (nSPS) is 13.4. The van der Waals surface area contributed by atoms with E-state index in [9.17, 15) is 4.79 Å². The number of carbonyl (C=O) groups excluding carboxylic acids is 1. The number of hydrogen-bond acceptors (Lipinski definition) is 6. The van der Waals surface area contributed by atoms with Gasteiger partial charge in [-0.1, -0.05) is 0 Å². The Bertz CT molecular complexity index is 650. The zero-order chi connectivity index (χ0) is 13.2. The highest BCUT2D eigenvalue weighted by Gasteiger charge is 2.16. The van der Waals surface area contributed by atoms with Crippen molar-refractivity contribution in [3.63, 3.8) is 0 Å². The summed E-state index contributed by atoms with van der Waals surface area (Å²) in [4.78, 5) is 25.0. The molecule has 1 amide bonds. The number of nitrogens with zero attached hydrogens (tertiary/aromatic N) is 3. The molecule has 3 N–H and O–H groups in total. The molecule has 0 bridgehead atoms. The minimum absolute atomic E-state index is 0.424. The van der Waals surface area contributed by atoms with Crippen molar-refractivity contribution in [2.75, 3.05) is 5.32 Å². The third-order valence-corrected chi connectivity index (χ3v) is 3.59. The van der Waals surface area contributed by atoms with Crippen molar-refractivity contribution in [2.24, 2.45) is 5.73 Å². The molecule has 0 aliphatic carbocycles. The van der Waals surface area contributed by atoms with E-state index in [-0.39, 0.29) is 0 Å². The SMILES string of the molecule is NC(=O)C1=CNc2nc(Cc3cncs3)ncc2C1. The Morgan fingerprint density at radius 2 is 2.37 bits per heavy atom. The highest BCUT2D eigenvalue weighted by molar-refractivity contribution is 7.09. The summed E-state index contributed by atoms with van der Waals surface area (Å²) in [5.41, 5.74) is 8.45. The maximum absolute atomic E-state index is 11.1. The molecule has 3 rings (SSSR count). The quantitative estimate of drug-likeness (QED) is 0.865. The van der Waals surface area contributed by atoms with Crippen LogP contribution in [0.3, 0.4) is 0 Å². The molecule has 3 heterocycles. The second kappa shape index (κ2) is 4.77. The number of carbonyl (C=O) groups is 1. The predicted octanol–water partition coefficient (Wildman–Crippen LogP) is 0.861. The Morgan fingerprint density at radius 1 is 1.47 bits per heavy atom. The highest BCUT2D eigenvalue weighted by Crippen LogP contribution is 2.22. The lowest BCUT2D eigenvalue weighted by atomic mass is 10.1. The highest BCUT2D eigenvalue weighted by atomic mass is 32.1. The van der Waals surface area contributed by atoms with Crippen LogP contribution in [0.2, 0.25) is 0 Å². The van der Waals surface area contributed by atoms with Gasteiger partial charge in [0, 0.05) is 47.4 Å². The van der Waals surface area contributed by atoms with Crippen LogP contribution in [0.25, 0.3) is 0 Å². The molecule has 2 aromatic rings. The van der Waals surface area contributed by atoms with Crippen LogP contribution in [0.4, 0.5) is 5.82 Å². The summed E-state index contributed by atoms with van der Waals surface area (Å²) in [7, 11) is 0. The lowest BCUT2D eigenvalue weighted by Gasteiger charge is -2.15. The van der Waals surface area contributed by atoms with E-state index >= 15 is 0 Å². The number of anilines is 1. The summed E-state index contributed by atoms with van der Waals surface area (Å²) in [5.74, 6) is 1.04. The first-order valence-electron chi connectivity index (χ1n) is 5.70. The van der Waals surface area contributed by atoms with Gasteiger partial charge in [0.05, 0.1) is 5.51 Å². The number of nitrogens with one attached hydrogen (secondary N) is 1. The summed E-state index contributed by atoms with van der Waals surface area (Å²) in [6.07, 6.45) is 6.28. The summed E-state index contributed by atoms with van der Waals surface area (Å²) in [6, 6.07) is 0. The largest absolute Gasteiger partial charge is 0.366 e. The molecule has 0 unspecified atom stereocenters. The van der Waals surface area contributed by atoms with Crippen LogP contribution in [-0.4, -0.2) is 20.9 Å². The van der Waals surface area contributed by atoms with E-state index in [0.717, 1.165) is 22.1 Å². The lowest BCUT2D eigenvalue weighted by molar-refractivity contribution is -0.114. The van der Waals surface area contributed by atoms with Crippen LogP contribution in [0, 0.1) is 0 Å². The maximum Gasteiger partial charge on any atom is 0.246 e. The molecule has 0 spiro atoms. The summed E-state index contributed by atoms with van der Waals surface area (Å²) in [5, 5.41) is 2.99. The van der Waals surface area contributed by atoms with Gasteiger partial charge in [-0.25, -0.2) is 9.97 Å². The van der Waals surface area contributed by atoms with E-state index in [1.807, 2.05) is 6.20 Å². The number of fused-ring (bicyclic) bond motifs is 1. The first-order valence-corrected chi connectivity index (χ1v) is 6.58. The van der Waals surface area contributed by atoms with Crippen LogP contribution in [0.5, 0.6) is 0 Å². The van der Waals surface area contributed by atoms with Gasteiger partial charge in [-0.05, 0) is 0 Å². The van der Waals surface area contributed by atoms with Crippen LogP contribution < -0.4 is 11.1 Å². The van der Waals surface area contributed by atoms with E-state index < -0.39 is 5.91 Å². The van der Waals surface area contributed by atoms with Gasteiger partial charge in [0.2, 0.25) is 5.91 Å². The van der Waals surface area contributed by atoms with Crippen molar-refractivity contribution in [3.8, 4) is 0 Å². The average Bonchev–Trinajstić information content (AvgIpc) is 2.91. The average molecular weight is 273 g/mol. The molecule has 0 aromatic carbocycles. The van der Waals surface area contributed by atoms with Crippen molar-refractivity contribution in [1.29, 1.82) is 0 Å². The number of amides is 1. The molecular weight excluding hydrogens is 262 g/mol. The fourth-order valence-corrected chi connectivity index (χ4v) is 2.43. The molecule has 19 heavy (non-hydrogen) atoms. The van der Waals surface area contributed by atoms with Crippen molar-refractivity contribution >= 4 is 23.1 Å². The first kappa shape index (κ1) is 11.8. The number of nitrogens with two attached hydrogens (primary N) is 1. The van der Waals surface area contributed by atoms with E-state index in [2.05, 4.69) is 20.3 Å². The van der Waals surface area contributed by atoms with Crippen LogP contribution in [0.15, 0.2) is 29.7 Å². The number of thiazole rings is 1. The summed E-state index contributed by atoms with van der Waals surface area (Å²) < 4.78 is 0. The maximum atomic E-state index is 11.1. The zero-order valence-electron chi connectivity index (χ0n) is 9.96. The number of aromatic nitrogens is 3. The second-order valence-corrected chi connectivity index (χ2v) is 5.13. The monoisotopic (exact) mass is 273 g/mol. The molecule has 6 nitrogen and oxygen atoms in total. The van der Waals surface area contributed by atoms with Gasteiger partial charge in [0.15, 0.2) is 0 Å². The van der Waals surface area contributed by atoms with E-state index in [4.69, 9.17) is 5.73 Å². The van der Waals surface area contributed by atoms with Crippen molar-refractivity contribution in [3.05, 3.63) is 45.9 Å². The standard InChI is InChI=1S/C12H11N5OS/c13-11(18)7-1-8-4-15-10(17-12(8)16-3-7)2-9-5-14-6-19-9/h3-6H,1-2H2,(H2,13,18)(H,15,16,17). The Balaban J connectivity index is 1.82. The molecule has 0 saturated heterocycles. The third kappa shape index (κ3) is 2.45. The molecule has 0 radical (unpaired) electrons. The molecule has 96 valence electrons. The summed E-state index contributed by atoms with van der Waals surface area (Å²) in [6.45, 7) is 0. The molecular formula is C12H11N5OS. The van der Waals surface area contributed by atoms with Gasteiger partial charge in [0.1, 0.15) is 11.6 Å². The Labute approximate surface area is 113 Å². The minimum atomic E-state index is -0.424. The predicted molar refractivity (Wildman–Crippen MR) is 71.6 cm³/mol. The van der Waals surface area contributed by atoms with Crippen LogP contribution >= 0.6 is 11.3 Å². The van der Waals surface area contributed by atoms with Crippen LogP contribution in [-0.2, 0) is 17.6 Å². The number of rotatable bonds is 3. The third-order valence-electron chi connectivity index (χ3n) is 2.81. The van der Waals surface area contributed by atoms with E-state index in [1.54, 1.807) is 29.2 Å². The van der Waals surface area contributed by atoms with Gasteiger partial charge in [0.25, 0.3) is 0 Å². The van der Waals surface area contributed by atoms with Crippen molar-refractivity contribution < 1.29 is 4.79 Å². The topological polar surface area (TPSA) is 93.8 Å². The number of hydrogen-bond donors (Lipinski definition) is 2. The summed E-state index contributed by atoms with van der Waals surface area (Å²) >= 11 is 1.57. The van der Waals surface area contributed by atoms with Gasteiger partial charge in [-0.2, -0.15) is 0 Å². The van der Waals surface area contributed by atoms with Crippen molar-refractivity contribution in [2.45, 2.75) is 12.8 Å². The smallest absolute Gasteiger partial charge is 0.246 e. The van der Waals surface area contributed by atoms with E-state index in [0.29, 0.717) is 18.4 Å². The minimum Gasteiger partial charge on any atom is -0.366 e. The number of primary amides is 1. The second-order valence-electron chi connectivity index (χ2n) is 4.16. The molecule has 0 fully saturated rings. The van der Waals surface area contributed by atoms with Gasteiger partial charge < -0.3 is 11.1 Å². The molecule has 0 saturated carbocycles. The molecule has 2 aromatic heterocycles. The van der Waals surface area contributed by atoms with Gasteiger partial charge in [-0.3, -0.25) is 9.78 Å². The molecule has 1 aliphatic heterocycles. The molecule has 0 atom stereocenters. The molecule has 7 heteroatoms. The fourth-order valence-electron chi connectivity index (χ4n) is 1.84. The van der Waals surface area contributed by atoms with Crippen LogP contribution in [0.1, 0.15) is 16.3 Å². The Kier molecular flexibility index (Phi) is 2.96. The van der Waals surface area contributed by atoms with Gasteiger partial charge >= 0.3 is 0 Å². The fraction of sp³-hybridized carbons (Fsp3) is 0.167. The zero-order valence-corrected chi connectivity index (χ0v) is 10.8. The van der Waals surface area contributed by atoms with Crippen molar-refractivity contribution in [1.82, 2.24) is 15.0 Å². The first-order chi connectivity index (χ1) is 9.22. The Morgan fingerprint density at radius 3 is 3.11 bits per heavy atom. The molecule has 1 aliphatic rings. The Hall–Kier alpha value is -2.28. The lowest BCUT2D eigenvalue weighted by Crippen LogP contribution is -2.20. The van der Waals surface area contributed by atoms with E-state index in [1.165, 1.54) is 0 Å².